The number of ketones is 1. The van der Waals surface area contributed by atoms with Crippen molar-refractivity contribution in [2.45, 2.75) is 40.0 Å². The molecule has 0 saturated carbocycles. The first-order valence-electron chi connectivity index (χ1n) is 5.55. The van der Waals surface area contributed by atoms with Crippen molar-refractivity contribution >= 4 is 5.78 Å². The minimum absolute atomic E-state index is 0.0785. The molecule has 0 heterocycles. The monoisotopic (exact) mass is 204 g/mol. The molecule has 0 bridgehead atoms. The van der Waals surface area contributed by atoms with Gasteiger partial charge in [0.25, 0.3) is 0 Å². The summed E-state index contributed by atoms with van der Waals surface area (Å²) in [5.74, 6) is 0.0997. The minimum Gasteiger partial charge on any atom is -0.290 e. The Bertz CT molecular complexity index is 316. The van der Waals surface area contributed by atoms with Crippen LogP contribution in [-0.2, 0) is 4.79 Å². The van der Waals surface area contributed by atoms with Crippen molar-refractivity contribution in [1.82, 2.24) is 0 Å². The summed E-state index contributed by atoms with van der Waals surface area (Å²) < 4.78 is 0. The van der Waals surface area contributed by atoms with E-state index in [1.807, 2.05) is 12.2 Å². The summed E-state index contributed by atoms with van der Waals surface area (Å²) >= 11 is 0. The molecule has 0 aromatic rings. The molecule has 0 aromatic heterocycles. The van der Waals surface area contributed by atoms with Crippen molar-refractivity contribution in [3.8, 4) is 0 Å². The van der Waals surface area contributed by atoms with Crippen LogP contribution in [0.25, 0.3) is 0 Å². The smallest absolute Gasteiger partial charge is 0.178 e. The molecule has 1 heteroatoms. The second kappa shape index (κ2) is 5.11. The normalized spacial score (nSPS) is 22.1. The Morgan fingerprint density at radius 2 is 2.00 bits per heavy atom. The molecule has 0 aliphatic heterocycles. The first-order valence-corrected chi connectivity index (χ1v) is 5.55. The number of allylic oxidation sites excluding steroid dienone is 6. The van der Waals surface area contributed by atoms with E-state index in [1.54, 1.807) is 12.2 Å². The molecule has 1 aliphatic rings. The largest absolute Gasteiger partial charge is 0.290 e. The Kier molecular flexibility index (Phi) is 4.07. The van der Waals surface area contributed by atoms with E-state index in [1.165, 1.54) is 5.57 Å². The van der Waals surface area contributed by atoms with E-state index < -0.39 is 0 Å². The fourth-order valence-electron chi connectivity index (χ4n) is 1.48. The quantitative estimate of drug-likeness (QED) is 0.548. The molecule has 0 saturated heterocycles. The predicted octanol–water partition coefficient (Wildman–Crippen LogP) is 3.82. The molecule has 0 N–H and O–H groups in total. The molecule has 1 nitrogen and oxygen atoms in total. The molecule has 0 radical (unpaired) electrons. The van der Waals surface area contributed by atoms with Gasteiger partial charge in [-0.15, -0.1) is 0 Å². The van der Waals surface area contributed by atoms with Crippen LogP contribution in [0, 0.1) is 5.41 Å². The fourth-order valence-corrected chi connectivity index (χ4v) is 1.48. The summed E-state index contributed by atoms with van der Waals surface area (Å²) in [6, 6.07) is 0. The minimum atomic E-state index is 0.0785. The third kappa shape index (κ3) is 4.78. The molecule has 0 amide bonds. The molecular formula is C14H20O. The average Bonchev–Trinajstić information content (AvgIpc) is 2.20. The topological polar surface area (TPSA) is 17.1 Å². The lowest BCUT2D eigenvalue weighted by molar-refractivity contribution is -0.110. The molecule has 0 unspecified atom stereocenters. The van der Waals surface area contributed by atoms with Crippen LogP contribution in [-0.4, -0.2) is 5.78 Å². The molecule has 1 rings (SSSR count). The maximum Gasteiger partial charge on any atom is 0.178 e. The van der Waals surface area contributed by atoms with Crippen LogP contribution >= 0.6 is 0 Å². The molecule has 0 aromatic carbocycles. The van der Waals surface area contributed by atoms with Gasteiger partial charge in [-0.1, -0.05) is 37.6 Å². The highest BCUT2D eigenvalue weighted by Gasteiger charge is 2.12. The summed E-state index contributed by atoms with van der Waals surface area (Å²) in [6.07, 6.45) is 12.6. The number of carbonyl (C=O) groups is 1. The van der Waals surface area contributed by atoms with Crippen LogP contribution in [0.4, 0.5) is 0 Å². The maximum atomic E-state index is 11.4. The first kappa shape index (κ1) is 12.0. The summed E-state index contributed by atoms with van der Waals surface area (Å²) in [6.45, 7) is 6.47. The Morgan fingerprint density at radius 3 is 2.73 bits per heavy atom. The molecule has 82 valence electrons. The summed E-state index contributed by atoms with van der Waals surface area (Å²) in [4.78, 5) is 11.4. The van der Waals surface area contributed by atoms with Crippen molar-refractivity contribution in [2.75, 3.05) is 0 Å². The highest BCUT2D eigenvalue weighted by atomic mass is 16.1. The highest BCUT2D eigenvalue weighted by Crippen LogP contribution is 2.24. The van der Waals surface area contributed by atoms with Crippen LogP contribution in [0.15, 0.2) is 36.0 Å². The van der Waals surface area contributed by atoms with Crippen LogP contribution < -0.4 is 0 Å². The molecule has 1 aliphatic carbocycles. The zero-order valence-corrected chi connectivity index (χ0v) is 9.92. The van der Waals surface area contributed by atoms with Crippen LogP contribution in [0.1, 0.15) is 40.0 Å². The van der Waals surface area contributed by atoms with E-state index in [2.05, 4.69) is 26.8 Å². The van der Waals surface area contributed by atoms with Crippen molar-refractivity contribution in [3.63, 3.8) is 0 Å². The van der Waals surface area contributed by atoms with E-state index in [9.17, 15) is 4.79 Å². The standard InChI is InChI=1S/C14H20O/c1-12-6-4-5-7-13(15)9-11-14(2,3)10-8-12/h5,7-9,11H,4,6,10H2,1-3H3. The van der Waals surface area contributed by atoms with Gasteiger partial charge in [-0.25, -0.2) is 0 Å². The van der Waals surface area contributed by atoms with Gasteiger partial charge in [-0.3, -0.25) is 4.79 Å². The van der Waals surface area contributed by atoms with Gasteiger partial charge in [0.2, 0.25) is 0 Å². The van der Waals surface area contributed by atoms with Crippen LogP contribution in [0.5, 0.6) is 0 Å². The van der Waals surface area contributed by atoms with Gasteiger partial charge in [0.1, 0.15) is 0 Å². The van der Waals surface area contributed by atoms with Crippen molar-refractivity contribution in [2.24, 2.45) is 5.41 Å². The highest BCUT2D eigenvalue weighted by molar-refractivity contribution is 5.99. The van der Waals surface area contributed by atoms with Gasteiger partial charge >= 0.3 is 0 Å². The summed E-state index contributed by atoms with van der Waals surface area (Å²) in [7, 11) is 0. The number of carbonyl (C=O) groups excluding carboxylic acids is 1. The Morgan fingerprint density at radius 1 is 1.27 bits per heavy atom. The van der Waals surface area contributed by atoms with E-state index in [-0.39, 0.29) is 11.2 Å². The molecule has 0 atom stereocenters. The number of hydrogen-bond donors (Lipinski definition) is 0. The van der Waals surface area contributed by atoms with Crippen LogP contribution in [0.2, 0.25) is 0 Å². The lowest BCUT2D eigenvalue weighted by atomic mass is 9.87. The Hall–Kier alpha value is -1.11. The average molecular weight is 204 g/mol. The third-order valence-electron chi connectivity index (χ3n) is 2.66. The predicted molar refractivity (Wildman–Crippen MR) is 64.7 cm³/mol. The van der Waals surface area contributed by atoms with Crippen LogP contribution in [0.3, 0.4) is 0 Å². The maximum absolute atomic E-state index is 11.4. The lowest BCUT2D eigenvalue weighted by Gasteiger charge is -2.17. The molecule has 0 spiro atoms. The van der Waals surface area contributed by atoms with Gasteiger partial charge in [-0.2, -0.15) is 0 Å². The molecule has 0 fully saturated rings. The number of rotatable bonds is 0. The van der Waals surface area contributed by atoms with E-state index in [4.69, 9.17) is 0 Å². The zero-order valence-electron chi connectivity index (χ0n) is 9.92. The second-order valence-corrected chi connectivity index (χ2v) is 4.92. The first-order chi connectivity index (χ1) is 6.99. The van der Waals surface area contributed by atoms with E-state index in [0.29, 0.717) is 0 Å². The molecular weight excluding hydrogens is 184 g/mol. The van der Waals surface area contributed by atoms with Gasteiger partial charge < -0.3 is 0 Å². The fraction of sp³-hybridized carbons (Fsp3) is 0.500. The van der Waals surface area contributed by atoms with E-state index in [0.717, 1.165) is 19.3 Å². The molecule has 15 heavy (non-hydrogen) atoms. The van der Waals surface area contributed by atoms with E-state index >= 15 is 0 Å². The SMILES string of the molecule is CC1=CCC(C)(C)C=CC(=O)C=CCC1. The summed E-state index contributed by atoms with van der Waals surface area (Å²) in [5.41, 5.74) is 1.49. The van der Waals surface area contributed by atoms with Gasteiger partial charge in [0.15, 0.2) is 5.78 Å². The second-order valence-electron chi connectivity index (χ2n) is 4.92. The zero-order chi connectivity index (χ0) is 11.3. The summed E-state index contributed by atoms with van der Waals surface area (Å²) in [5, 5.41) is 0. The Labute approximate surface area is 92.6 Å². The Balaban J connectivity index is 2.85. The third-order valence-corrected chi connectivity index (χ3v) is 2.66. The lowest BCUT2D eigenvalue weighted by Crippen LogP contribution is -2.06. The number of hydrogen-bond acceptors (Lipinski definition) is 1. The van der Waals surface area contributed by atoms with Crippen molar-refractivity contribution in [1.29, 1.82) is 0 Å². The van der Waals surface area contributed by atoms with Gasteiger partial charge in [0.05, 0.1) is 0 Å². The van der Waals surface area contributed by atoms with Crippen molar-refractivity contribution < 1.29 is 4.79 Å². The van der Waals surface area contributed by atoms with Crippen molar-refractivity contribution in [3.05, 3.63) is 36.0 Å². The van der Waals surface area contributed by atoms with Gasteiger partial charge in [-0.05, 0) is 43.8 Å². The van der Waals surface area contributed by atoms with Gasteiger partial charge in [0, 0.05) is 0 Å².